The highest BCUT2D eigenvalue weighted by molar-refractivity contribution is 6.09. The Morgan fingerprint density at radius 3 is 2.70 bits per heavy atom. The van der Waals surface area contributed by atoms with E-state index in [4.69, 9.17) is 4.74 Å². The van der Waals surface area contributed by atoms with Gasteiger partial charge in [0.1, 0.15) is 0 Å². The lowest BCUT2D eigenvalue weighted by Crippen LogP contribution is -2.26. The van der Waals surface area contributed by atoms with Crippen LogP contribution in [0.2, 0.25) is 0 Å². The number of anilines is 2. The lowest BCUT2D eigenvalue weighted by atomic mass is 9.86. The quantitative estimate of drug-likeness (QED) is 0.913. The van der Waals surface area contributed by atoms with Crippen LogP contribution in [0.5, 0.6) is 5.88 Å². The summed E-state index contributed by atoms with van der Waals surface area (Å²) in [6.07, 6.45) is 1.52. The third kappa shape index (κ3) is 2.63. The minimum absolute atomic E-state index is 0.0654. The van der Waals surface area contributed by atoms with E-state index in [-0.39, 0.29) is 11.8 Å². The van der Waals surface area contributed by atoms with Gasteiger partial charge in [0, 0.05) is 17.3 Å². The molecule has 23 heavy (non-hydrogen) atoms. The summed E-state index contributed by atoms with van der Waals surface area (Å²) in [5.41, 5.74) is 2.04. The van der Waals surface area contributed by atoms with Gasteiger partial charge in [-0.15, -0.1) is 0 Å². The third-order valence-corrected chi connectivity index (χ3v) is 3.97. The number of nitrogens with one attached hydrogen (secondary N) is 2. The molecule has 0 fully saturated rings. The Balaban J connectivity index is 1.81. The second kappa shape index (κ2) is 5.39. The molecule has 0 spiro atoms. The van der Waals surface area contributed by atoms with Crippen molar-refractivity contribution in [3.63, 3.8) is 0 Å². The molecule has 6 nitrogen and oxygen atoms in total. The van der Waals surface area contributed by atoms with E-state index in [9.17, 15) is 9.59 Å². The van der Waals surface area contributed by atoms with Gasteiger partial charge in [0.05, 0.1) is 24.4 Å². The zero-order chi connectivity index (χ0) is 16.6. The van der Waals surface area contributed by atoms with Crippen LogP contribution in [0.25, 0.3) is 0 Å². The van der Waals surface area contributed by atoms with Gasteiger partial charge < -0.3 is 15.4 Å². The van der Waals surface area contributed by atoms with E-state index in [2.05, 4.69) is 15.6 Å². The number of aromatic nitrogens is 1. The summed E-state index contributed by atoms with van der Waals surface area (Å²) in [5.74, 6) is 0.147. The molecule has 2 aromatic rings. The van der Waals surface area contributed by atoms with Crippen LogP contribution in [0.3, 0.4) is 0 Å². The normalized spacial score (nSPS) is 14.8. The molecule has 0 unspecified atom stereocenters. The molecule has 0 atom stereocenters. The van der Waals surface area contributed by atoms with Crippen molar-refractivity contribution in [3.8, 4) is 5.88 Å². The fourth-order valence-electron chi connectivity index (χ4n) is 2.51. The van der Waals surface area contributed by atoms with Gasteiger partial charge in [0.25, 0.3) is 5.91 Å². The van der Waals surface area contributed by atoms with Crippen molar-refractivity contribution in [2.24, 2.45) is 0 Å². The number of carbonyl (C=O) groups excluding carboxylic acids is 2. The molecule has 2 amide bonds. The molecule has 2 heterocycles. The van der Waals surface area contributed by atoms with Gasteiger partial charge in [-0.3, -0.25) is 9.59 Å². The molecule has 1 aliphatic heterocycles. The molecule has 6 heteroatoms. The second-order valence-electron chi connectivity index (χ2n) is 5.88. The van der Waals surface area contributed by atoms with Crippen molar-refractivity contribution in [2.75, 3.05) is 17.7 Å². The van der Waals surface area contributed by atoms with Gasteiger partial charge in [0.2, 0.25) is 11.8 Å². The maximum atomic E-state index is 12.3. The van der Waals surface area contributed by atoms with Crippen LogP contribution >= 0.6 is 0 Å². The summed E-state index contributed by atoms with van der Waals surface area (Å²) in [7, 11) is 1.53. The van der Waals surface area contributed by atoms with Crippen molar-refractivity contribution >= 4 is 23.2 Å². The first kappa shape index (κ1) is 15.0. The lowest BCUT2D eigenvalue weighted by molar-refractivity contribution is -0.119. The highest BCUT2D eigenvalue weighted by Crippen LogP contribution is 2.37. The van der Waals surface area contributed by atoms with Gasteiger partial charge in [-0.05, 0) is 37.6 Å². The summed E-state index contributed by atoms with van der Waals surface area (Å²) in [6.45, 7) is 3.72. The third-order valence-electron chi connectivity index (χ3n) is 3.97. The average Bonchev–Trinajstić information content (AvgIpc) is 2.77. The van der Waals surface area contributed by atoms with Crippen LogP contribution in [-0.4, -0.2) is 23.9 Å². The summed E-state index contributed by atoms with van der Waals surface area (Å²) in [4.78, 5) is 28.3. The molecule has 0 saturated carbocycles. The molecule has 1 aromatic heterocycles. The summed E-state index contributed by atoms with van der Waals surface area (Å²) >= 11 is 0. The fraction of sp³-hybridized carbons (Fsp3) is 0.235. The molecule has 3 rings (SSSR count). The number of pyridine rings is 1. The van der Waals surface area contributed by atoms with Crippen molar-refractivity contribution in [1.29, 1.82) is 0 Å². The van der Waals surface area contributed by atoms with Crippen molar-refractivity contribution in [3.05, 3.63) is 47.7 Å². The first-order valence-electron chi connectivity index (χ1n) is 7.19. The predicted octanol–water partition coefficient (Wildman–Crippen LogP) is 2.57. The number of fused-ring (bicyclic) bond motifs is 1. The second-order valence-corrected chi connectivity index (χ2v) is 5.88. The number of methoxy groups -OCH3 is 1. The zero-order valence-corrected chi connectivity index (χ0v) is 13.1. The molecule has 0 aliphatic carbocycles. The number of benzene rings is 1. The minimum Gasteiger partial charge on any atom is -0.481 e. The molecular formula is C17H17N3O3. The Bertz CT molecular complexity index is 782. The molecule has 1 aromatic carbocycles. The number of hydrogen-bond donors (Lipinski definition) is 2. The van der Waals surface area contributed by atoms with Gasteiger partial charge in [-0.1, -0.05) is 6.07 Å². The van der Waals surface area contributed by atoms with Crippen molar-refractivity contribution in [1.82, 2.24) is 4.98 Å². The Labute approximate surface area is 133 Å². The Morgan fingerprint density at radius 1 is 1.26 bits per heavy atom. The zero-order valence-electron chi connectivity index (χ0n) is 13.1. The maximum absolute atomic E-state index is 12.3. The molecule has 0 bridgehead atoms. The summed E-state index contributed by atoms with van der Waals surface area (Å²) in [5, 5.41) is 5.58. The minimum atomic E-state index is -0.579. The van der Waals surface area contributed by atoms with Gasteiger partial charge in [0.15, 0.2) is 0 Å². The molecule has 2 N–H and O–H groups in total. The standard InChI is InChI=1S/C17H17N3O3/c1-17(2)12-6-4-10(8-13(12)20-16(17)22)15(21)19-11-5-7-14(23-3)18-9-11/h4-9H,1-3H3,(H,19,21)(H,20,22). The maximum Gasteiger partial charge on any atom is 0.255 e. The first-order valence-corrected chi connectivity index (χ1v) is 7.19. The lowest BCUT2D eigenvalue weighted by Gasteiger charge is -2.15. The first-order chi connectivity index (χ1) is 10.9. The Hall–Kier alpha value is -2.89. The van der Waals surface area contributed by atoms with Crippen LogP contribution in [0.4, 0.5) is 11.4 Å². The van der Waals surface area contributed by atoms with E-state index in [0.717, 1.165) is 5.56 Å². The number of ether oxygens (including phenoxy) is 1. The van der Waals surface area contributed by atoms with E-state index in [1.165, 1.54) is 13.3 Å². The largest absolute Gasteiger partial charge is 0.481 e. The van der Waals surface area contributed by atoms with Crippen molar-refractivity contribution in [2.45, 2.75) is 19.3 Å². The predicted molar refractivity (Wildman–Crippen MR) is 86.8 cm³/mol. The van der Waals surface area contributed by atoms with Crippen LogP contribution in [0.1, 0.15) is 29.8 Å². The highest BCUT2D eigenvalue weighted by Gasteiger charge is 2.38. The van der Waals surface area contributed by atoms with Crippen LogP contribution in [-0.2, 0) is 10.2 Å². The van der Waals surface area contributed by atoms with Crippen molar-refractivity contribution < 1.29 is 14.3 Å². The Morgan fingerprint density at radius 2 is 2.04 bits per heavy atom. The Kier molecular flexibility index (Phi) is 3.52. The topological polar surface area (TPSA) is 80.3 Å². The van der Waals surface area contributed by atoms with E-state index in [1.807, 2.05) is 19.9 Å². The number of rotatable bonds is 3. The summed E-state index contributed by atoms with van der Waals surface area (Å²) < 4.78 is 4.97. The number of amides is 2. The van der Waals surface area contributed by atoms with Gasteiger partial charge in [-0.2, -0.15) is 0 Å². The molecule has 0 radical (unpaired) electrons. The molecule has 0 saturated heterocycles. The fourth-order valence-corrected chi connectivity index (χ4v) is 2.51. The van der Waals surface area contributed by atoms with Gasteiger partial charge >= 0.3 is 0 Å². The summed E-state index contributed by atoms with van der Waals surface area (Å²) in [6, 6.07) is 8.60. The van der Waals surface area contributed by atoms with Crippen LogP contribution in [0.15, 0.2) is 36.5 Å². The SMILES string of the molecule is COc1ccc(NC(=O)c2ccc3c(c2)NC(=O)C3(C)C)cn1. The number of nitrogens with zero attached hydrogens (tertiary/aromatic N) is 1. The molecule has 1 aliphatic rings. The smallest absolute Gasteiger partial charge is 0.255 e. The monoisotopic (exact) mass is 311 g/mol. The van der Waals surface area contributed by atoms with E-state index < -0.39 is 5.41 Å². The van der Waals surface area contributed by atoms with Crippen LogP contribution in [0, 0.1) is 0 Å². The number of carbonyl (C=O) groups is 2. The van der Waals surface area contributed by atoms with Gasteiger partial charge in [-0.25, -0.2) is 4.98 Å². The van der Waals surface area contributed by atoms with E-state index >= 15 is 0 Å². The van der Waals surface area contributed by atoms with E-state index in [1.54, 1.807) is 24.3 Å². The average molecular weight is 311 g/mol. The van der Waals surface area contributed by atoms with E-state index in [0.29, 0.717) is 22.8 Å². The molecular weight excluding hydrogens is 294 g/mol. The number of hydrogen-bond acceptors (Lipinski definition) is 4. The van der Waals surface area contributed by atoms with Crippen LogP contribution < -0.4 is 15.4 Å². The highest BCUT2D eigenvalue weighted by atomic mass is 16.5. The molecule has 118 valence electrons.